The minimum absolute atomic E-state index is 0.101. The van der Waals surface area contributed by atoms with E-state index in [-0.39, 0.29) is 29.5 Å². The Morgan fingerprint density at radius 3 is 2.62 bits per heavy atom. The average Bonchev–Trinajstić information content (AvgIpc) is 2.60. The van der Waals surface area contributed by atoms with Crippen LogP contribution in [0.15, 0.2) is 16.9 Å². The second-order valence-electron chi connectivity index (χ2n) is 6.95. The van der Waals surface area contributed by atoms with Crippen LogP contribution in [0.4, 0.5) is 10.1 Å². The van der Waals surface area contributed by atoms with Crippen LogP contribution in [0.2, 0.25) is 0 Å². The quantitative estimate of drug-likeness (QED) is 0.875. The molecule has 1 N–H and O–H groups in total. The number of ether oxygens (including phenoxy) is 1. The standard InChI is InChI=1S/C18H20FN3O4/c1-10-9-26-17-15-11(14(23)8-13(18(24)25)22(10)15)7-12(19)16(17)21-5-3-20(2)4-6-21/h7-8,10H,3-6,9H2,1-2H3,(H,24,25)/t10-/m0/s1. The molecule has 7 nitrogen and oxygen atoms in total. The number of benzene rings is 1. The molecular formula is C18H20FN3O4. The summed E-state index contributed by atoms with van der Waals surface area (Å²) in [5.41, 5.74) is 0.0593. The van der Waals surface area contributed by atoms with Gasteiger partial charge in [-0.1, -0.05) is 0 Å². The van der Waals surface area contributed by atoms with Gasteiger partial charge in [0, 0.05) is 32.2 Å². The SMILES string of the molecule is C[C@H]1COc2c(N3CCN(C)CC3)c(F)cc3c(=O)cc(C(=O)O)n1c23. The molecule has 0 bridgehead atoms. The number of anilines is 1. The van der Waals surface area contributed by atoms with Crippen molar-refractivity contribution in [3.63, 3.8) is 0 Å². The number of pyridine rings is 1. The molecule has 1 fully saturated rings. The van der Waals surface area contributed by atoms with Gasteiger partial charge in [0.15, 0.2) is 17.0 Å². The zero-order chi connectivity index (χ0) is 18.6. The molecule has 1 atom stereocenters. The minimum Gasteiger partial charge on any atom is -0.487 e. The first kappa shape index (κ1) is 16.8. The summed E-state index contributed by atoms with van der Waals surface area (Å²) in [5.74, 6) is -1.43. The fourth-order valence-corrected chi connectivity index (χ4v) is 3.79. The molecule has 0 aliphatic carbocycles. The molecule has 0 unspecified atom stereocenters. The Hall–Kier alpha value is -2.61. The largest absolute Gasteiger partial charge is 0.487 e. The van der Waals surface area contributed by atoms with Gasteiger partial charge in [0.25, 0.3) is 0 Å². The van der Waals surface area contributed by atoms with Crippen molar-refractivity contribution in [2.45, 2.75) is 13.0 Å². The second kappa shape index (κ2) is 5.98. The number of carboxylic acid groups (broad SMARTS) is 1. The Kier molecular flexibility index (Phi) is 3.87. The number of rotatable bonds is 2. The van der Waals surface area contributed by atoms with E-state index in [2.05, 4.69) is 4.90 Å². The zero-order valence-corrected chi connectivity index (χ0v) is 14.7. The summed E-state index contributed by atoms with van der Waals surface area (Å²) in [6.07, 6.45) is 0. The van der Waals surface area contributed by atoms with Gasteiger partial charge >= 0.3 is 5.97 Å². The average molecular weight is 361 g/mol. The van der Waals surface area contributed by atoms with E-state index >= 15 is 0 Å². The highest BCUT2D eigenvalue weighted by Gasteiger charge is 2.31. The number of piperazine rings is 1. The first-order valence-corrected chi connectivity index (χ1v) is 8.60. The molecule has 0 amide bonds. The van der Waals surface area contributed by atoms with Gasteiger partial charge in [-0.2, -0.15) is 0 Å². The highest BCUT2D eigenvalue weighted by molar-refractivity contribution is 5.96. The number of aromatic nitrogens is 1. The zero-order valence-electron chi connectivity index (χ0n) is 14.7. The lowest BCUT2D eigenvalue weighted by molar-refractivity contribution is 0.0679. The summed E-state index contributed by atoms with van der Waals surface area (Å²) in [5, 5.41) is 9.67. The topological polar surface area (TPSA) is 75.0 Å². The summed E-state index contributed by atoms with van der Waals surface area (Å²) in [4.78, 5) is 28.1. The maximum absolute atomic E-state index is 14.9. The molecule has 1 saturated heterocycles. The smallest absolute Gasteiger partial charge is 0.352 e. The van der Waals surface area contributed by atoms with E-state index in [9.17, 15) is 19.1 Å². The number of aromatic carboxylic acids is 1. The molecule has 2 aliphatic heterocycles. The fourth-order valence-electron chi connectivity index (χ4n) is 3.79. The monoisotopic (exact) mass is 361 g/mol. The third-order valence-electron chi connectivity index (χ3n) is 5.16. The molecular weight excluding hydrogens is 341 g/mol. The summed E-state index contributed by atoms with van der Waals surface area (Å²) in [6.45, 7) is 4.87. The molecule has 4 rings (SSSR count). The van der Waals surface area contributed by atoms with Crippen molar-refractivity contribution in [2.75, 3.05) is 44.7 Å². The van der Waals surface area contributed by atoms with Gasteiger partial charge in [0.2, 0.25) is 0 Å². The summed E-state index contributed by atoms with van der Waals surface area (Å²) < 4.78 is 22.4. The minimum atomic E-state index is -1.19. The third-order valence-corrected chi connectivity index (χ3v) is 5.16. The summed E-state index contributed by atoms with van der Waals surface area (Å²) in [6, 6.07) is 1.99. The van der Waals surface area contributed by atoms with Crippen LogP contribution in [0, 0.1) is 5.82 Å². The highest BCUT2D eigenvalue weighted by atomic mass is 19.1. The van der Waals surface area contributed by atoms with E-state index in [1.54, 1.807) is 4.57 Å². The number of hydrogen-bond acceptors (Lipinski definition) is 5. The van der Waals surface area contributed by atoms with E-state index in [0.29, 0.717) is 24.3 Å². The third kappa shape index (κ3) is 2.44. The van der Waals surface area contributed by atoms with Gasteiger partial charge in [-0.25, -0.2) is 9.18 Å². The van der Waals surface area contributed by atoms with Crippen LogP contribution >= 0.6 is 0 Å². The van der Waals surface area contributed by atoms with Crippen LogP contribution in [0.3, 0.4) is 0 Å². The van der Waals surface area contributed by atoms with Crippen LogP contribution in [0.1, 0.15) is 23.5 Å². The van der Waals surface area contributed by atoms with E-state index in [0.717, 1.165) is 19.2 Å². The molecule has 2 aromatic rings. The molecule has 26 heavy (non-hydrogen) atoms. The van der Waals surface area contributed by atoms with Crippen molar-refractivity contribution in [2.24, 2.45) is 0 Å². The number of nitrogens with zero attached hydrogens (tertiary/aromatic N) is 3. The Morgan fingerprint density at radius 2 is 1.96 bits per heavy atom. The number of halogens is 1. The molecule has 8 heteroatoms. The molecule has 1 aromatic heterocycles. The Bertz CT molecular complexity index is 963. The molecule has 0 radical (unpaired) electrons. The van der Waals surface area contributed by atoms with Gasteiger partial charge in [-0.3, -0.25) is 4.79 Å². The van der Waals surface area contributed by atoms with E-state index in [1.165, 1.54) is 6.07 Å². The van der Waals surface area contributed by atoms with Gasteiger partial charge in [0.05, 0.1) is 16.9 Å². The molecule has 0 spiro atoms. The van der Waals surface area contributed by atoms with Crippen LogP contribution < -0.4 is 15.1 Å². The Morgan fingerprint density at radius 1 is 1.27 bits per heavy atom. The molecule has 2 aliphatic rings. The number of likely N-dealkylation sites (N-methyl/N-ethyl adjacent to an activating group) is 1. The van der Waals surface area contributed by atoms with Crippen LogP contribution in [-0.2, 0) is 0 Å². The van der Waals surface area contributed by atoms with E-state index in [1.807, 2.05) is 18.9 Å². The lowest BCUT2D eigenvalue weighted by Crippen LogP contribution is -2.45. The van der Waals surface area contributed by atoms with Crippen LogP contribution in [0.5, 0.6) is 5.75 Å². The van der Waals surface area contributed by atoms with Gasteiger partial charge in [0.1, 0.15) is 18.0 Å². The second-order valence-corrected chi connectivity index (χ2v) is 6.95. The Labute approximate surface area is 149 Å². The van der Waals surface area contributed by atoms with Gasteiger partial charge in [-0.05, 0) is 20.0 Å². The van der Waals surface area contributed by atoms with Crippen molar-refractivity contribution in [1.82, 2.24) is 9.47 Å². The summed E-state index contributed by atoms with van der Waals surface area (Å²) >= 11 is 0. The normalized spacial score (nSPS) is 20.3. The number of carbonyl (C=O) groups is 1. The summed E-state index contributed by atoms with van der Waals surface area (Å²) in [7, 11) is 2.01. The first-order chi connectivity index (χ1) is 12.4. The fraction of sp³-hybridized carbons (Fsp3) is 0.444. The van der Waals surface area contributed by atoms with Crippen LogP contribution in [-0.4, -0.2) is 60.4 Å². The van der Waals surface area contributed by atoms with Crippen LogP contribution in [0.25, 0.3) is 10.9 Å². The van der Waals surface area contributed by atoms with Crippen molar-refractivity contribution < 1.29 is 19.0 Å². The van der Waals surface area contributed by atoms with Crippen molar-refractivity contribution in [3.8, 4) is 5.75 Å². The predicted octanol–water partition coefficient (Wildman–Crippen LogP) is 1.54. The molecule has 1 aromatic carbocycles. The lowest BCUT2D eigenvalue weighted by Gasteiger charge is -2.37. The van der Waals surface area contributed by atoms with Gasteiger partial charge < -0.3 is 24.2 Å². The van der Waals surface area contributed by atoms with E-state index < -0.39 is 17.2 Å². The lowest BCUT2D eigenvalue weighted by atomic mass is 10.1. The molecule has 0 saturated carbocycles. The molecule has 138 valence electrons. The first-order valence-electron chi connectivity index (χ1n) is 8.60. The highest BCUT2D eigenvalue weighted by Crippen LogP contribution is 2.42. The Balaban J connectivity index is 2.03. The van der Waals surface area contributed by atoms with Crippen molar-refractivity contribution in [1.29, 1.82) is 0 Å². The predicted molar refractivity (Wildman–Crippen MR) is 95.0 cm³/mol. The van der Waals surface area contributed by atoms with Crippen molar-refractivity contribution >= 4 is 22.6 Å². The van der Waals surface area contributed by atoms with Gasteiger partial charge in [-0.15, -0.1) is 0 Å². The number of hydrogen-bond donors (Lipinski definition) is 1. The molecule has 3 heterocycles. The maximum atomic E-state index is 14.9. The maximum Gasteiger partial charge on any atom is 0.352 e. The number of carboxylic acids is 1. The van der Waals surface area contributed by atoms with E-state index in [4.69, 9.17) is 4.74 Å². The van der Waals surface area contributed by atoms with Crippen molar-refractivity contribution in [3.05, 3.63) is 33.9 Å².